The smallest absolute Gasteiger partial charge is 0.407 e. The number of nitrogens with one attached hydrogen (secondary N) is 1. The molecule has 0 aromatic heterocycles. The summed E-state index contributed by atoms with van der Waals surface area (Å²) in [5, 5.41) is 67.7. The molecule has 17 heteroatoms. The van der Waals surface area contributed by atoms with Crippen molar-refractivity contribution < 1.29 is 49.8 Å². The molecule has 0 saturated carbocycles. The third-order valence-corrected chi connectivity index (χ3v) is 18.3. The highest BCUT2D eigenvalue weighted by atomic mass is 16.5. The standard InChI is InChI=1S/C73H149N7O10/c1-7-13-17-21-25-29-33-37-41-45-67(83)61-77(62-68(84)46-42-38-34-30-26-22-18-14-8-2)52-49-71(87)79(11-5)57-55-75(65-81)54-51-74-73(89)90-60-59-76(66-82)56-58-80(12-6)72(88)50-53-78(63-69(85)47-43-39-35-31-27-23-19-15-9-3)64-70(86)48-44-40-36-32-28-24-20-16-10-4/h67-70,81-86H,7-66H2,1-6H3,(H,74,89). The van der Waals surface area contributed by atoms with E-state index in [2.05, 4.69) is 42.8 Å². The minimum Gasteiger partial charge on any atom is -0.448 e. The number of aliphatic hydroxyl groups is 6. The molecule has 4 atom stereocenters. The van der Waals surface area contributed by atoms with Crippen LogP contribution in [0.25, 0.3) is 0 Å². The number of unbranched alkanes of at least 4 members (excludes halogenated alkanes) is 32. The number of aliphatic hydroxyl groups excluding tert-OH is 6. The van der Waals surface area contributed by atoms with Gasteiger partial charge in [0, 0.05) is 111 Å². The first-order valence-electron chi connectivity index (χ1n) is 38.1. The van der Waals surface area contributed by atoms with Crippen LogP contribution in [0.2, 0.25) is 0 Å². The fourth-order valence-corrected chi connectivity index (χ4v) is 12.2. The Morgan fingerprint density at radius 2 is 0.600 bits per heavy atom. The van der Waals surface area contributed by atoms with Gasteiger partial charge in [0.25, 0.3) is 0 Å². The lowest BCUT2D eigenvalue weighted by Gasteiger charge is -2.29. The summed E-state index contributed by atoms with van der Waals surface area (Å²) in [6, 6.07) is 0. The number of ether oxygens (including phenoxy) is 1. The average molecular weight is 1290 g/mol. The minimum absolute atomic E-state index is 0.0188. The summed E-state index contributed by atoms with van der Waals surface area (Å²) >= 11 is 0. The molecule has 4 unspecified atom stereocenters. The van der Waals surface area contributed by atoms with E-state index >= 15 is 0 Å². The molecule has 536 valence electrons. The van der Waals surface area contributed by atoms with Crippen LogP contribution in [0.3, 0.4) is 0 Å². The van der Waals surface area contributed by atoms with Gasteiger partial charge in [0.15, 0.2) is 0 Å². The van der Waals surface area contributed by atoms with E-state index in [0.29, 0.717) is 111 Å². The molecule has 7 N–H and O–H groups in total. The number of carbonyl (C=O) groups is 3. The normalized spacial score (nSPS) is 13.2. The quantitative estimate of drug-likeness (QED) is 0.0223. The summed E-state index contributed by atoms with van der Waals surface area (Å²) in [6.07, 6.45) is 44.7. The number of amides is 3. The van der Waals surface area contributed by atoms with Crippen molar-refractivity contribution in [3.8, 4) is 0 Å². The van der Waals surface area contributed by atoms with E-state index in [1.165, 1.54) is 180 Å². The van der Waals surface area contributed by atoms with Crippen LogP contribution in [0.1, 0.15) is 311 Å². The molecular formula is C73H149N7O10. The molecular weight excluding hydrogens is 1130 g/mol. The molecule has 0 aliphatic rings. The highest BCUT2D eigenvalue weighted by molar-refractivity contribution is 5.76. The minimum atomic E-state index is -0.622. The maximum atomic E-state index is 13.7. The van der Waals surface area contributed by atoms with Crippen molar-refractivity contribution in [1.82, 2.24) is 34.7 Å². The Morgan fingerprint density at radius 1 is 0.333 bits per heavy atom. The second kappa shape index (κ2) is 65.5. The number of nitrogens with zero attached hydrogens (tertiary/aromatic N) is 6. The predicted octanol–water partition coefficient (Wildman–Crippen LogP) is 13.4. The van der Waals surface area contributed by atoms with Crippen molar-refractivity contribution in [2.75, 3.05) is 118 Å². The molecule has 0 aliphatic heterocycles. The second-order valence-electron chi connectivity index (χ2n) is 26.6. The van der Waals surface area contributed by atoms with Gasteiger partial charge in [-0.3, -0.25) is 29.2 Å². The molecule has 0 aromatic carbocycles. The summed E-state index contributed by atoms with van der Waals surface area (Å²) in [4.78, 5) is 51.2. The molecule has 0 aromatic rings. The van der Waals surface area contributed by atoms with Crippen LogP contribution < -0.4 is 5.32 Å². The molecule has 0 saturated heterocycles. The lowest BCUT2D eigenvalue weighted by Crippen LogP contribution is -2.44. The maximum Gasteiger partial charge on any atom is 0.407 e. The van der Waals surface area contributed by atoms with Gasteiger partial charge in [0.1, 0.15) is 6.61 Å². The summed E-state index contributed by atoms with van der Waals surface area (Å²) in [6.45, 7) is 18.3. The highest BCUT2D eigenvalue weighted by Gasteiger charge is 2.22. The second-order valence-corrected chi connectivity index (χ2v) is 26.6. The number of alkyl carbamates (subject to hydrolysis) is 1. The molecule has 0 rings (SSSR count). The molecule has 0 radical (unpaired) electrons. The largest absolute Gasteiger partial charge is 0.448 e. The van der Waals surface area contributed by atoms with Crippen molar-refractivity contribution in [2.45, 2.75) is 336 Å². The predicted molar refractivity (Wildman–Crippen MR) is 375 cm³/mol. The molecule has 0 spiro atoms. The summed E-state index contributed by atoms with van der Waals surface area (Å²) < 4.78 is 5.45. The molecule has 3 amide bonds. The van der Waals surface area contributed by atoms with Gasteiger partial charge >= 0.3 is 6.09 Å². The Bertz CT molecular complexity index is 1390. The van der Waals surface area contributed by atoms with Crippen molar-refractivity contribution in [3.05, 3.63) is 0 Å². The van der Waals surface area contributed by atoms with Crippen LogP contribution in [-0.2, 0) is 14.3 Å². The fraction of sp³-hybridized carbons (Fsp3) is 0.959. The Morgan fingerprint density at radius 3 is 0.867 bits per heavy atom. The Balaban J connectivity index is 5.11. The van der Waals surface area contributed by atoms with E-state index < -0.39 is 30.5 Å². The lowest BCUT2D eigenvalue weighted by molar-refractivity contribution is -0.132. The van der Waals surface area contributed by atoms with E-state index in [1.807, 2.05) is 13.8 Å². The number of rotatable bonds is 70. The van der Waals surface area contributed by atoms with E-state index in [9.17, 15) is 45.0 Å². The van der Waals surface area contributed by atoms with Crippen LogP contribution in [0, 0.1) is 0 Å². The van der Waals surface area contributed by atoms with Gasteiger partial charge in [-0.25, -0.2) is 4.79 Å². The summed E-state index contributed by atoms with van der Waals surface area (Å²) in [7, 11) is 0. The zero-order valence-electron chi connectivity index (χ0n) is 59.7. The van der Waals surface area contributed by atoms with Crippen molar-refractivity contribution in [1.29, 1.82) is 0 Å². The van der Waals surface area contributed by atoms with E-state index in [-0.39, 0.29) is 57.8 Å². The van der Waals surface area contributed by atoms with Crippen molar-refractivity contribution in [2.24, 2.45) is 0 Å². The topological polar surface area (TPSA) is 213 Å². The van der Waals surface area contributed by atoms with Gasteiger partial charge in [-0.2, -0.15) is 0 Å². The molecule has 0 aliphatic carbocycles. The molecule has 0 bridgehead atoms. The van der Waals surface area contributed by atoms with Gasteiger partial charge in [-0.1, -0.05) is 259 Å². The van der Waals surface area contributed by atoms with E-state index in [1.54, 1.807) is 19.6 Å². The van der Waals surface area contributed by atoms with Crippen LogP contribution in [0.15, 0.2) is 0 Å². The first-order valence-corrected chi connectivity index (χ1v) is 38.1. The average Bonchev–Trinajstić information content (AvgIpc) is 3.73. The Labute approximate surface area is 553 Å². The highest BCUT2D eigenvalue weighted by Crippen LogP contribution is 2.18. The van der Waals surface area contributed by atoms with E-state index in [4.69, 9.17) is 4.74 Å². The van der Waals surface area contributed by atoms with E-state index in [0.717, 1.165) is 51.4 Å². The summed E-state index contributed by atoms with van der Waals surface area (Å²) in [5.41, 5.74) is 0. The zero-order valence-corrected chi connectivity index (χ0v) is 59.7. The fourth-order valence-electron chi connectivity index (χ4n) is 12.2. The van der Waals surface area contributed by atoms with Gasteiger partial charge in [0.2, 0.25) is 11.8 Å². The van der Waals surface area contributed by atoms with Crippen LogP contribution in [-0.4, -0.2) is 221 Å². The number of carbonyl (C=O) groups excluding carboxylic acids is 3. The number of hydrogen-bond acceptors (Lipinski definition) is 14. The Hall–Kier alpha value is -2.19. The molecule has 17 nitrogen and oxygen atoms in total. The third-order valence-electron chi connectivity index (χ3n) is 18.3. The van der Waals surface area contributed by atoms with Crippen LogP contribution in [0.5, 0.6) is 0 Å². The van der Waals surface area contributed by atoms with Crippen LogP contribution in [0.4, 0.5) is 4.79 Å². The van der Waals surface area contributed by atoms with Gasteiger partial charge in [-0.15, -0.1) is 0 Å². The Kier molecular flexibility index (Phi) is 63.9. The molecule has 90 heavy (non-hydrogen) atoms. The number of likely N-dealkylation sites (N-methyl/N-ethyl adjacent to an activating group) is 2. The summed E-state index contributed by atoms with van der Waals surface area (Å²) in [5.74, 6) is -0.0432. The first-order chi connectivity index (χ1) is 43.8. The SMILES string of the molecule is CCCCCCCCCCCC(O)CN(CCC(=O)N(CC)CCN(CO)CCNC(=O)OCCN(CO)CCN(CC)C(=O)CCN(CC(O)CCCCCCCCCCC)CC(O)CCCCCCCCCCC)CC(O)CCCCCCCCCCC. The number of hydrogen-bond donors (Lipinski definition) is 7. The van der Waals surface area contributed by atoms with Gasteiger partial charge in [-0.05, 0) is 39.5 Å². The van der Waals surface area contributed by atoms with Gasteiger partial charge in [0.05, 0.1) is 37.9 Å². The molecule has 0 fully saturated rings. The van der Waals surface area contributed by atoms with Crippen molar-refractivity contribution >= 4 is 17.9 Å². The zero-order chi connectivity index (χ0) is 66.3. The lowest BCUT2D eigenvalue weighted by atomic mass is 10.0. The van der Waals surface area contributed by atoms with Crippen LogP contribution >= 0.6 is 0 Å². The molecule has 0 heterocycles. The van der Waals surface area contributed by atoms with Crippen molar-refractivity contribution in [3.63, 3.8) is 0 Å². The van der Waals surface area contributed by atoms with Gasteiger partial charge < -0.3 is 50.5 Å². The third kappa shape index (κ3) is 55.1. The monoisotopic (exact) mass is 1280 g/mol. The maximum absolute atomic E-state index is 13.7. The first kappa shape index (κ1) is 87.8.